The van der Waals surface area contributed by atoms with Gasteiger partial charge in [0.15, 0.2) is 0 Å². The highest BCUT2D eigenvalue weighted by Crippen LogP contribution is 2.49. The molecule has 0 saturated carbocycles. The Labute approximate surface area is 200 Å². The molecule has 0 unspecified atom stereocenters. The highest BCUT2D eigenvalue weighted by Gasteiger charge is 2.65. The van der Waals surface area contributed by atoms with Crippen molar-refractivity contribution in [2.45, 2.75) is 56.8 Å². The lowest BCUT2D eigenvalue weighted by atomic mass is 9.73. The molecule has 0 amide bonds. The molecule has 3 atom stereocenters. The van der Waals surface area contributed by atoms with Crippen LogP contribution in [0.2, 0.25) is 0 Å². The third-order valence-corrected chi connectivity index (χ3v) is 6.42. The molecule has 0 bridgehead atoms. The number of aryl methyl sites for hydroxylation is 1. The summed E-state index contributed by atoms with van der Waals surface area (Å²) in [7, 11) is 0. The number of carbonyl (C=O) groups excluding carboxylic acids is 1. The molecule has 1 saturated heterocycles. The van der Waals surface area contributed by atoms with E-state index in [1.54, 1.807) is 20.8 Å². The average molecular weight is 459 g/mol. The summed E-state index contributed by atoms with van der Waals surface area (Å²) in [6, 6.07) is 24.2. The number of ether oxygens (including phenoxy) is 1. The number of hydrogen-bond acceptors (Lipinski definition) is 5. The van der Waals surface area contributed by atoms with Gasteiger partial charge in [0.2, 0.25) is 6.04 Å². The van der Waals surface area contributed by atoms with Gasteiger partial charge in [0.25, 0.3) is 0 Å². The molecule has 0 radical (unpaired) electrons. The molecule has 1 heterocycles. The Morgan fingerprint density at radius 1 is 0.912 bits per heavy atom. The van der Waals surface area contributed by atoms with E-state index in [1.165, 1.54) is 0 Å². The highest BCUT2D eigenvalue weighted by atomic mass is 16.6. The Kier molecular flexibility index (Phi) is 6.28. The number of hydrogen-bond donors (Lipinski definition) is 1. The molecule has 0 spiro atoms. The zero-order chi connectivity index (χ0) is 24.5. The van der Waals surface area contributed by atoms with Crippen molar-refractivity contribution in [3.63, 3.8) is 0 Å². The second-order valence-electron chi connectivity index (χ2n) is 9.81. The van der Waals surface area contributed by atoms with Gasteiger partial charge in [-0.25, -0.2) is 0 Å². The zero-order valence-electron chi connectivity index (χ0n) is 19.9. The number of nitrogens with zero attached hydrogens (tertiary/aromatic N) is 1. The standard InChI is InChI=1S/C28H30N2O4/c1-19-13-11-12-18-22(19)23-24(26(31)34-27(2,3)4)29-28(25(23)30(32)33,20-14-7-5-8-15-20)21-16-9-6-10-17-21/h5-18,23-25,29H,1-4H3/t23-,24+,25+/m1/s1. The third kappa shape index (κ3) is 4.21. The summed E-state index contributed by atoms with van der Waals surface area (Å²) < 4.78 is 5.78. The van der Waals surface area contributed by atoms with Gasteiger partial charge in [-0.2, -0.15) is 0 Å². The first-order valence-corrected chi connectivity index (χ1v) is 11.5. The SMILES string of the molecule is Cc1ccccc1[C@@H]1[C@@H](C(=O)OC(C)(C)C)NC(c2ccccc2)(c2ccccc2)[C@H]1[N+](=O)[O-]. The van der Waals surface area contributed by atoms with Crippen molar-refractivity contribution in [2.24, 2.45) is 0 Å². The van der Waals surface area contributed by atoms with Crippen LogP contribution in [0.4, 0.5) is 0 Å². The predicted molar refractivity (Wildman–Crippen MR) is 131 cm³/mol. The van der Waals surface area contributed by atoms with Crippen molar-refractivity contribution in [2.75, 3.05) is 0 Å². The van der Waals surface area contributed by atoms with E-state index < -0.39 is 35.1 Å². The van der Waals surface area contributed by atoms with Gasteiger partial charge in [-0.05, 0) is 49.9 Å². The normalized spacial score (nSPS) is 21.7. The van der Waals surface area contributed by atoms with Gasteiger partial charge in [0.05, 0.1) is 5.92 Å². The number of esters is 1. The molecule has 0 aliphatic carbocycles. The van der Waals surface area contributed by atoms with Crippen molar-refractivity contribution in [1.29, 1.82) is 0 Å². The Morgan fingerprint density at radius 2 is 1.41 bits per heavy atom. The lowest BCUT2D eigenvalue weighted by Gasteiger charge is -2.33. The van der Waals surface area contributed by atoms with Crippen molar-refractivity contribution in [3.05, 3.63) is 117 Å². The second kappa shape index (κ2) is 9.03. The Bertz CT molecular complexity index is 1130. The minimum Gasteiger partial charge on any atom is -0.459 e. The van der Waals surface area contributed by atoms with E-state index in [0.29, 0.717) is 0 Å². The van der Waals surface area contributed by atoms with E-state index in [0.717, 1.165) is 22.3 Å². The summed E-state index contributed by atoms with van der Waals surface area (Å²) in [6.45, 7) is 7.32. The van der Waals surface area contributed by atoms with Crippen LogP contribution in [-0.4, -0.2) is 28.6 Å². The fourth-order valence-electron chi connectivity index (χ4n) is 5.12. The second-order valence-corrected chi connectivity index (χ2v) is 9.81. The lowest BCUT2D eigenvalue weighted by molar-refractivity contribution is -0.533. The molecule has 3 aromatic carbocycles. The van der Waals surface area contributed by atoms with Gasteiger partial charge in [-0.15, -0.1) is 0 Å². The number of benzene rings is 3. The van der Waals surface area contributed by atoms with E-state index in [1.807, 2.05) is 91.9 Å². The summed E-state index contributed by atoms with van der Waals surface area (Å²) in [5.74, 6) is -1.24. The maximum absolute atomic E-state index is 13.6. The first kappa shape index (κ1) is 23.6. The van der Waals surface area contributed by atoms with Crippen molar-refractivity contribution in [1.82, 2.24) is 5.32 Å². The van der Waals surface area contributed by atoms with Crippen LogP contribution < -0.4 is 5.32 Å². The quantitative estimate of drug-likeness (QED) is 0.331. The Balaban J connectivity index is 2.01. The van der Waals surface area contributed by atoms with E-state index >= 15 is 0 Å². The van der Waals surface area contributed by atoms with Crippen LogP contribution in [0.5, 0.6) is 0 Å². The Hall–Kier alpha value is -3.51. The topological polar surface area (TPSA) is 81.5 Å². The molecule has 0 aromatic heterocycles. The van der Waals surface area contributed by atoms with Crippen LogP contribution in [0.15, 0.2) is 84.9 Å². The maximum Gasteiger partial charge on any atom is 0.324 e. The summed E-state index contributed by atoms with van der Waals surface area (Å²) in [5, 5.41) is 16.4. The molecular formula is C28H30N2O4. The van der Waals surface area contributed by atoms with Gasteiger partial charge in [-0.1, -0.05) is 84.9 Å². The van der Waals surface area contributed by atoms with Crippen molar-refractivity contribution in [3.8, 4) is 0 Å². The maximum atomic E-state index is 13.6. The molecule has 1 aliphatic heterocycles. The smallest absolute Gasteiger partial charge is 0.324 e. The average Bonchev–Trinajstić information content (AvgIpc) is 3.17. The molecule has 4 rings (SSSR count). The predicted octanol–water partition coefficient (Wildman–Crippen LogP) is 4.98. The van der Waals surface area contributed by atoms with Crippen LogP contribution >= 0.6 is 0 Å². The number of rotatable bonds is 5. The van der Waals surface area contributed by atoms with E-state index in [9.17, 15) is 14.9 Å². The molecule has 1 aliphatic rings. The van der Waals surface area contributed by atoms with Gasteiger partial charge in [0, 0.05) is 4.92 Å². The minimum atomic E-state index is -1.24. The summed E-state index contributed by atoms with van der Waals surface area (Å²) >= 11 is 0. The van der Waals surface area contributed by atoms with Crippen LogP contribution in [0.1, 0.15) is 48.9 Å². The summed E-state index contributed by atoms with van der Waals surface area (Å²) in [4.78, 5) is 26.3. The van der Waals surface area contributed by atoms with Gasteiger partial charge in [0.1, 0.15) is 17.2 Å². The number of nitro groups is 1. The molecule has 1 fully saturated rings. The van der Waals surface area contributed by atoms with E-state index in [4.69, 9.17) is 4.74 Å². The monoisotopic (exact) mass is 458 g/mol. The van der Waals surface area contributed by atoms with Gasteiger partial charge in [-0.3, -0.25) is 20.2 Å². The Morgan fingerprint density at radius 3 is 1.88 bits per heavy atom. The molecule has 1 N–H and O–H groups in total. The summed E-state index contributed by atoms with van der Waals surface area (Å²) in [5.41, 5.74) is 1.15. The van der Waals surface area contributed by atoms with Crippen LogP contribution in [-0.2, 0) is 15.1 Å². The van der Waals surface area contributed by atoms with Crippen LogP contribution in [0.3, 0.4) is 0 Å². The van der Waals surface area contributed by atoms with Gasteiger partial charge < -0.3 is 4.74 Å². The highest BCUT2D eigenvalue weighted by molar-refractivity contribution is 5.79. The first-order valence-electron chi connectivity index (χ1n) is 11.5. The minimum absolute atomic E-state index is 0.242. The fraction of sp³-hybridized carbons (Fsp3) is 0.321. The largest absolute Gasteiger partial charge is 0.459 e. The first-order chi connectivity index (χ1) is 16.1. The number of nitrogens with one attached hydrogen (secondary N) is 1. The lowest BCUT2D eigenvalue weighted by Crippen LogP contribution is -2.51. The van der Waals surface area contributed by atoms with Crippen LogP contribution in [0, 0.1) is 17.0 Å². The summed E-state index contributed by atoms with van der Waals surface area (Å²) in [6.07, 6.45) is 0. The molecule has 6 nitrogen and oxygen atoms in total. The molecular weight excluding hydrogens is 428 g/mol. The molecule has 34 heavy (non-hydrogen) atoms. The number of carbonyl (C=O) groups is 1. The molecule has 3 aromatic rings. The van der Waals surface area contributed by atoms with E-state index in [2.05, 4.69) is 5.32 Å². The zero-order valence-corrected chi connectivity index (χ0v) is 19.9. The van der Waals surface area contributed by atoms with Gasteiger partial charge >= 0.3 is 5.97 Å². The van der Waals surface area contributed by atoms with Crippen molar-refractivity contribution >= 4 is 5.97 Å². The van der Waals surface area contributed by atoms with Crippen molar-refractivity contribution < 1.29 is 14.5 Å². The fourth-order valence-corrected chi connectivity index (χ4v) is 5.12. The van der Waals surface area contributed by atoms with Crippen LogP contribution in [0.25, 0.3) is 0 Å². The third-order valence-electron chi connectivity index (χ3n) is 6.42. The molecule has 6 heteroatoms. The van der Waals surface area contributed by atoms with E-state index in [-0.39, 0.29) is 4.92 Å². The molecule has 176 valence electrons.